The molecule has 0 aliphatic heterocycles. The van der Waals surface area contributed by atoms with E-state index in [2.05, 4.69) is 9.82 Å². The minimum Gasteiger partial charge on any atom is -0.337 e. The Labute approximate surface area is 197 Å². The summed E-state index contributed by atoms with van der Waals surface area (Å²) in [5, 5.41) is 4.36. The number of aromatic nitrogens is 2. The first kappa shape index (κ1) is 23.2. The summed E-state index contributed by atoms with van der Waals surface area (Å²) in [5.41, 5.74) is 2.44. The highest BCUT2D eigenvalue weighted by Crippen LogP contribution is 2.19. The van der Waals surface area contributed by atoms with Crippen LogP contribution in [0.25, 0.3) is 0 Å². The van der Waals surface area contributed by atoms with Gasteiger partial charge in [0.2, 0.25) is 0 Å². The number of amides is 1. The van der Waals surface area contributed by atoms with Gasteiger partial charge in [-0.25, -0.2) is 12.8 Å². The number of rotatable bonds is 8. The molecule has 1 aromatic heterocycles. The van der Waals surface area contributed by atoms with Crippen LogP contribution in [0.4, 0.5) is 10.1 Å². The maximum atomic E-state index is 13.1. The summed E-state index contributed by atoms with van der Waals surface area (Å²) >= 11 is 0. The molecule has 3 aromatic carbocycles. The van der Waals surface area contributed by atoms with E-state index in [1.54, 1.807) is 24.0 Å². The van der Waals surface area contributed by atoms with E-state index in [9.17, 15) is 17.6 Å². The van der Waals surface area contributed by atoms with Crippen LogP contribution in [0.5, 0.6) is 0 Å². The lowest BCUT2D eigenvalue weighted by molar-refractivity contribution is 0.0785. The normalized spacial score (nSPS) is 11.2. The molecule has 0 aliphatic carbocycles. The summed E-state index contributed by atoms with van der Waals surface area (Å²) in [5.74, 6) is -0.793. The lowest BCUT2D eigenvalue weighted by Crippen LogP contribution is -2.26. The van der Waals surface area contributed by atoms with Gasteiger partial charge in [0.15, 0.2) is 0 Å². The van der Waals surface area contributed by atoms with Crippen LogP contribution in [0, 0.1) is 5.82 Å². The fourth-order valence-electron chi connectivity index (χ4n) is 3.44. The molecule has 34 heavy (non-hydrogen) atoms. The molecule has 0 saturated carbocycles. The van der Waals surface area contributed by atoms with Gasteiger partial charge < -0.3 is 4.90 Å². The molecule has 0 saturated heterocycles. The van der Waals surface area contributed by atoms with Gasteiger partial charge in [0.25, 0.3) is 15.9 Å². The van der Waals surface area contributed by atoms with Crippen LogP contribution in [0.15, 0.2) is 96.2 Å². The quantitative estimate of drug-likeness (QED) is 0.413. The fraction of sp³-hybridized carbons (Fsp3) is 0.120. The van der Waals surface area contributed by atoms with Crippen LogP contribution in [0.1, 0.15) is 21.5 Å². The molecule has 0 radical (unpaired) electrons. The maximum absolute atomic E-state index is 13.1. The van der Waals surface area contributed by atoms with E-state index in [4.69, 9.17) is 0 Å². The van der Waals surface area contributed by atoms with Crippen LogP contribution < -0.4 is 4.72 Å². The van der Waals surface area contributed by atoms with E-state index in [-0.39, 0.29) is 22.1 Å². The molecule has 0 aliphatic rings. The Morgan fingerprint density at radius 2 is 1.74 bits per heavy atom. The standard InChI is InChI=1S/C25H23FN4O3S/c1-29(16-20-15-27-30(18-20)17-19-6-3-2-4-7-19)25(31)21-8-5-9-24(14-21)34(32,33)28-23-12-10-22(26)11-13-23/h2-15,18,28H,16-17H2,1H3. The van der Waals surface area contributed by atoms with E-state index < -0.39 is 15.8 Å². The highest BCUT2D eigenvalue weighted by atomic mass is 32.2. The minimum absolute atomic E-state index is 0.0632. The zero-order valence-electron chi connectivity index (χ0n) is 18.4. The summed E-state index contributed by atoms with van der Waals surface area (Å²) in [6.45, 7) is 0.942. The van der Waals surface area contributed by atoms with Crippen LogP contribution in [-0.2, 0) is 23.1 Å². The predicted molar refractivity (Wildman–Crippen MR) is 127 cm³/mol. The third-order valence-corrected chi connectivity index (χ3v) is 6.51. The number of carbonyl (C=O) groups excluding carboxylic acids is 1. The van der Waals surface area contributed by atoms with E-state index in [1.165, 1.54) is 35.2 Å². The summed E-state index contributed by atoms with van der Waals surface area (Å²) < 4.78 is 42.8. The molecule has 4 aromatic rings. The van der Waals surface area contributed by atoms with Crippen LogP contribution in [0.2, 0.25) is 0 Å². The van der Waals surface area contributed by atoms with Crippen molar-refractivity contribution in [2.75, 3.05) is 11.8 Å². The number of sulfonamides is 1. The number of anilines is 1. The molecule has 7 nitrogen and oxygen atoms in total. The third kappa shape index (κ3) is 5.68. The average Bonchev–Trinajstić information content (AvgIpc) is 3.27. The highest BCUT2D eigenvalue weighted by Gasteiger charge is 2.19. The van der Waals surface area contributed by atoms with Crippen molar-refractivity contribution in [1.82, 2.24) is 14.7 Å². The van der Waals surface area contributed by atoms with Gasteiger partial charge in [-0.15, -0.1) is 0 Å². The Balaban J connectivity index is 1.44. The smallest absolute Gasteiger partial charge is 0.261 e. The van der Waals surface area contributed by atoms with E-state index in [0.29, 0.717) is 13.1 Å². The molecule has 9 heteroatoms. The van der Waals surface area contributed by atoms with Crippen molar-refractivity contribution >= 4 is 21.6 Å². The Kier molecular flexibility index (Phi) is 6.74. The van der Waals surface area contributed by atoms with Gasteiger partial charge in [0.1, 0.15) is 5.82 Å². The van der Waals surface area contributed by atoms with Crippen molar-refractivity contribution in [2.45, 2.75) is 18.0 Å². The lowest BCUT2D eigenvalue weighted by Gasteiger charge is -2.17. The van der Waals surface area contributed by atoms with Crippen molar-refractivity contribution in [3.63, 3.8) is 0 Å². The molecular formula is C25H23FN4O3S. The second-order valence-corrected chi connectivity index (χ2v) is 9.52. The number of hydrogen-bond donors (Lipinski definition) is 1. The van der Waals surface area contributed by atoms with Gasteiger partial charge in [-0.2, -0.15) is 5.10 Å². The molecule has 0 fully saturated rings. The molecule has 4 rings (SSSR count). The monoisotopic (exact) mass is 478 g/mol. The molecule has 0 atom stereocenters. The first-order valence-electron chi connectivity index (χ1n) is 10.5. The van der Waals surface area contributed by atoms with E-state index in [1.807, 2.05) is 36.5 Å². The molecular weight excluding hydrogens is 455 g/mol. The summed E-state index contributed by atoms with van der Waals surface area (Å²) in [6.07, 6.45) is 3.59. The molecule has 1 amide bonds. The van der Waals surface area contributed by atoms with Crippen molar-refractivity contribution in [3.05, 3.63) is 114 Å². The Hall–Kier alpha value is -3.98. The highest BCUT2D eigenvalue weighted by molar-refractivity contribution is 7.92. The molecule has 1 N–H and O–H groups in total. The fourth-order valence-corrected chi connectivity index (χ4v) is 4.54. The first-order chi connectivity index (χ1) is 16.3. The maximum Gasteiger partial charge on any atom is 0.261 e. The number of nitrogens with one attached hydrogen (secondary N) is 1. The number of carbonyl (C=O) groups is 1. The lowest BCUT2D eigenvalue weighted by atomic mass is 10.2. The predicted octanol–water partition coefficient (Wildman–Crippen LogP) is 4.14. The number of nitrogens with zero attached hydrogens (tertiary/aromatic N) is 3. The summed E-state index contributed by atoms with van der Waals surface area (Å²) in [7, 11) is -2.30. The van der Waals surface area contributed by atoms with Gasteiger partial charge in [-0.05, 0) is 48.0 Å². The topological polar surface area (TPSA) is 84.3 Å². The Bertz CT molecular complexity index is 1390. The largest absolute Gasteiger partial charge is 0.337 e. The van der Waals surface area contributed by atoms with Gasteiger partial charge in [-0.3, -0.25) is 14.2 Å². The number of halogens is 1. The van der Waals surface area contributed by atoms with Gasteiger partial charge >= 0.3 is 0 Å². The molecule has 0 spiro atoms. The molecule has 174 valence electrons. The van der Waals surface area contributed by atoms with Gasteiger partial charge in [-0.1, -0.05) is 36.4 Å². The first-order valence-corrected chi connectivity index (χ1v) is 12.0. The summed E-state index contributed by atoms with van der Waals surface area (Å²) in [4.78, 5) is 14.4. The zero-order valence-corrected chi connectivity index (χ0v) is 19.2. The third-order valence-electron chi connectivity index (χ3n) is 5.13. The van der Waals surface area contributed by atoms with Gasteiger partial charge in [0, 0.05) is 36.6 Å². The second kappa shape index (κ2) is 9.88. The van der Waals surface area contributed by atoms with Crippen LogP contribution in [0.3, 0.4) is 0 Å². The van der Waals surface area contributed by atoms with Crippen molar-refractivity contribution in [3.8, 4) is 0 Å². The molecule has 1 heterocycles. The second-order valence-electron chi connectivity index (χ2n) is 7.83. The van der Waals surface area contributed by atoms with Gasteiger partial charge in [0.05, 0.1) is 17.6 Å². The van der Waals surface area contributed by atoms with Crippen molar-refractivity contribution in [2.24, 2.45) is 0 Å². The Morgan fingerprint density at radius 3 is 2.47 bits per heavy atom. The number of benzene rings is 3. The molecule has 0 unspecified atom stereocenters. The average molecular weight is 479 g/mol. The SMILES string of the molecule is CN(Cc1cnn(Cc2ccccc2)c1)C(=O)c1cccc(S(=O)(=O)Nc2ccc(F)cc2)c1. The molecule has 0 bridgehead atoms. The minimum atomic E-state index is -3.95. The van der Waals surface area contributed by atoms with Crippen LogP contribution >= 0.6 is 0 Å². The summed E-state index contributed by atoms with van der Waals surface area (Å²) in [6, 6.07) is 20.7. The van der Waals surface area contributed by atoms with E-state index >= 15 is 0 Å². The van der Waals surface area contributed by atoms with Crippen molar-refractivity contribution in [1.29, 1.82) is 0 Å². The van der Waals surface area contributed by atoms with E-state index in [0.717, 1.165) is 23.3 Å². The van der Waals surface area contributed by atoms with Crippen LogP contribution in [-0.4, -0.2) is 36.1 Å². The number of hydrogen-bond acceptors (Lipinski definition) is 4. The Morgan fingerprint density at radius 1 is 1.00 bits per heavy atom. The van der Waals surface area contributed by atoms with Crippen molar-refractivity contribution < 1.29 is 17.6 Å². The zero-order chi connectivity index (χ0) is 24.1.